The largest absolute Gasteiger partial charge is 0.456 e. The van der Waals surface area contributed by atoms with Gasteiger partial charge in [-0.25, -0.2) is 15.0 Å². The van der Waals surface area contributed by atoms with Crippen LogP contribution in [0.15, 0.2) is 211 Å². The van der Waals surface area contributed by atoms with Crippen molar-refractivity contribution in [3.05, 3.63) is 229 Å². The minimum absolute atomic E-state index is 0.418. The standard InChI is InChI=1S/C58H34N4O/c1-2-15-35(16-3-1)55-59-56(61-57(60-55)37-29-30-44-43-23-8-13-28-53(43)63-54(44)32-37)36-17-14-18-38(31-36)62-51-27-12-7-22-42(51)46-33-50-45(34-52(46)62)41-21-6-11-26-49(41)58(50)47-24-9-4-19-39(47)40-20-5-10-25-48(40)58/h1-34H. The average molecular weight is 803 g/mol. The van der Waals surface area contributed by atoms with Gasteiger partial charge in [0.2, 0.25) is 0 Å². The SMILES string of the molecule is c1ccc(-c2nc(-c3cccc(-n4c5ccccc5c5cc6c(cc54)-c4ccccc4C64c5ccccc5-c5ccccc54)c3)nc(-c3ccc4c(c3)oc3ccccc34)n2)cc1. The van der Waals surface area contributed by atoms with E-state index in [4.69, 9.17) is 19.4 Å². The Hall–Kier alpha value is -8.41. The number of rotatable bonds is 4. The van der Waals surface area contributed by atoms with Crippen molar-refractivity contribution in [2.24, 2.45) is 0 Å². The zero-order valence-electron chi connectivity index (χ0n) is 33.8. The minimum Gasteiger partial charge on any atom is -0.456 e. The molecule has 0 amide bonds. The predicted molar refractivity (Wildman–Crippen MR) is 254 cm³/mol. The van der Waals surface area contributed by atoms with Gasteiger partial charge in [-0.1, -0.05) is 158 Å². The Morgan fingerprint density at radius 2 is 0.889 bits per heavy atom. The first-order valence-corrected chi connectivity index (χ1v) is 21.4. The van der Waals surface area contributed by atoms with Gasteiger partial charge in [-0.15, -0.1) is 0 Å². The smallest absolute Gasteiger partial charge is 0.164 e. The fourth-order valence-electron chi connectivity index (χ4n) is 10.8. The lowest BCUT2D eigenvalue weighted by Crippen LogP contribution is -2.25. The second kappa shape index (κ2) is 12.8. The van der Waals surface area contributed by atoms with Crippen LogP contribution in [-0.4, -0.2) is 19.5 Å². The monoisotopic (exact) mass is 802 g/mol. The summed E-state index contributed by atoms with van der Waals surface area (Å²) in [6.45, 7) is 0. The van der Waals surface area contributed by atoms with Crippen molar-refractivity contribution in [1.29, 1.82) is 0 Å². The summed E-state index contributed by atoms with van der Waals surface area (Å²) >= 11 is 0. The van der Waals surface area contributed by atoms with Gasteiger partial charge in [0, 0.05) is 43.9 Å². The molecule has 0 fully saturated rings. The molecule has 0 radical (unpaired) electrons. The van der Waals surface area contributed by atoms with Crippen LogP contribution in [0.4, 0.5) is 0 Å². The van der Waals surface area contributed by atoms with Gasteiger partial charge in [-0.3, -0.25) is 0 Å². The molecule has 63 heavy (non-hydrogen) atoms. The highest BCUT2D eigenvalue weighted by Crippen LogP contribution is 2.63. The summed E-state index contributed by atoms with van der Waals surface area (Å²) in [4.78, 5) is 15.4. The predicted octanol–water partition coefficient (Wildman–Crippen LogP) is 14.2. The van der Waals surface area contributed by atoms with Crippen molar-refractivity contribution >= 4 is 43.7 Å². The first-order valence-electron chi connectivity index (χ1n) is 21.4. The summed E-state index contributed by atoms with van der Waals surface area (Å²) in [5.41, 5.74) is 17.8. The minimum atomic E-state index is -0.418. The summed E-state index contributed by atoms with van der Waals surface area (Å²) in [6, 6.07) is 73.9. The molecule has 0 N–H and O–H groups in total. The number of fused-ring (bicyclic) bond motifs is 16. The number of hydrogen-bond donors (Lipinski definition) is 0. The molecule has 292 valence electrons. The molecule has 12 aromatic rings. The van der Waals surface area contributed by atoms with E-state index >= 15 is 0 Å². The normalized spacial score (nSPS) is 13.2. The molecule has 0 bridgehead atoms. The van der Waals surface area contributed by atoms with Crippen molar-refractivity contribution in [3.63, 3.8) is 0 Å². The highest BCUT2D eigenvalue weighted by Gasteiger charge is 2.51. The molecule has 0 aliphatic heterocycles. The third-order valence-electron chi connectivity index (χ3n) is 13.5. The third kappa shape index (κ3) is 4.73. The summed E-state index contributed by atoms with van der Waals surface area (Å²) in [5.74, 6) is 1.80. The number of aromatic nitrogens is 4. The summed E-state index contributed by atoms with van der Waals surface area (Å²) in [7, 11) is 0. The molecule has 9 aromatic carbocycles. The first kappa shape index (κ1) is 34.3. The molecule has 2 aliphatic rings. The molecule has 5 heteroatoms. The molecule has 0 saturated heterocycles. The van der Waals surface area contributed by atoms with Gasteiger partial charge in [0.1, 0.15) is 11.2 Å². The van der Waals surface area contributed by atoms with Crippen LogP contribution in [0, 0.1) is 0 Å². The lowest BCUT2D eigenvalue weighted by atomic mass is 9.70. The Labute approximate surface area is 362 Å². The van der Waals surface area contributed by atoms with Crippen molar-refractivity contribution in [2.45, 2.75) is 5.41 Å². The average Bonchev–Trinajstić information content (AvgIpc) is 4.07. The number of para-hydroxylation sites is 2. The number of nitrogens with zero attached hydrogens (tertiary/aromatic N) is 4. The van der Waals surface area contributed by atoms with E-state index < -0.39 is 5.41 Å². The van der Waals surface area contributed by atoms with Crippen LogP contribution in [0.3, 0.4) is 0 Å². The van der Waals surface area contributed by atoms with Gasteiger partial charge in [0.05, 0.1) is 16.4 Å². The molecule has 2 aliphatic carbocycles. The molecule has 14 rings (SSSR count). The van der Waals surface area contributed by atoms with Crippen molar-refractivity contribution in [3.8, 4) is 62.1 Å². The van der Waals surface area contributed by atoms with Crippen LogP contribution in [0.1, 0.15) is 22.3 Å². The molecule has 0 unspecified atom stereocenters. The molecule has 3 aromatic heterocycles. The van der Waals surface area contributed by atoms with Gasteiger partial charge in [0.15, 0.2) is 17.5 Å². The fraction of sp³-hybridized carbons (Fsp3) is 0.0172. The van der Waals surface area contributed by atoms with Gasteiger partial charge >= 0.3 is 0 Å². The molecular weight excluding hydrogens is 769 g/mol. The van der Waals surface area contributed by atoms with Crippen LogP contribution in [0.25, 0.3) is 106 Å². The van der Waals surface area contributed by atoms with Crippen LogP contribution >= 0.6 is 0 Å². The molecule has 0 atom stereocenters. The maximum atomic E-state index is 6.30. The van der Waals surface area contributed by atoms with Gasteiger partial charge < -0.3 is 8.98 Å². The quantitative estimate of drug-likeness (QED) is 0.178. The Morgan fingerprint density at radius 1 is 0.333 bits per heavy atom. The summed E-state index contributed by atoms with van der Waals surface area (Å²) < 4.78 is 8.71. The second-order valence-electron chi connectivity index (χ2n) is 16.7. The van der Waals surface area contributed by atoms with Crippen LogP contribution in [-0.2, 0) is 5.41 Å². The van der Waals surface area contributed by atoms with E-state index in [-0.39, 0.29) is 0 Å². The molecule has 5 nitrogen and oxygen atoms in total. The van der Waals surface area contributed by atoms with Crippen molar-refractivity contribution in [2.75, 3.05) is 0 Å². The second-order valence-corrected chi connectivity index (χ2v) is 16.7. The molecule has 3 heterocycles. The molecule has 0 saturated carbocycles. The fourth-order valence-corrected chi connectivity index (χ4v) is 10.8. The Balaban J connectivity index is 0.977. The van der Waals surface area contributed by atoms with Crippen molar-refractivity contribution in [1.82, 2.24) is 19.5 Å². The van der Waals surface area contributed by atoms with E-state index in [2.05, 4.69) is 156 Å². The Kier molecular flexibility index (Phi) is 6.97. The van der Waals surface area contributed by atoms with Crippen LogP contribution < -0.4 is 0 Å². The van der Waals surface area contributed by atoms with Gasteiger partial charge in [-0.05, 0) is 93.0 Å². The molecule has 1 spiro atoms. The maximum absolute atomic E-state index is 6.30. The van der Waals surface area contributed by atoms with E-state index in [0.29, 0.717) is 17.5 Å². The van der Waals surface area contributed by atoms with Gasteiger partial charge in [0.25, 0.3) is 0 Å². The highest BCUT2D eigenvalue weighted by molar-refractivity contribution is 6.12. The summed E-state index contributed by atoms with van der Waals surface area (Å²) in [5, 5.41) is 4.58. The van der Waals surface area contributed by atoms with Crippen LogP contribution in [0.2, 0.25) is 0 Å². The van der Waals surface area contributed by atoms with Gasteiger partial charge in [-0.2, -0.15) is 0 Å². The highest BCUT2D eigenvalue weighted by atomic mass is 16.3. The lowest BCUT2D eigenvalue weighted by molar-refractivity contribution is 0.669. The van der Waals surface area contributed by atoms with E-state index in [0.717, 1.165) is 55.3 Å². The topological polar surface area (TPSA) is 56.7 Å². The van der Waals surface area contributed by atoms with Crippen molar-refractivity contribution < 1.29 is 4.42 Å². The zero-order valence-corrected chi connectivity index (χ0v) is 33.8. The van der Waals surface area contributed by atoms with Crippen LogP contribution in [0.5, 0.6) is 0 Å². The Bertz CT molecular complexity index is 3830. The number of hydrogen-bond acceptors (Lipinski definition) is 4. The van der Waals surface area contributed by atoms with E-state index in [1.807, 2.05) is 54.6 Å². The number of furan rings is 1. The summed E-state index contributed by atoms with van der Waals surface area (Å²) in [6.07, 6.45) is 0. The lowest BCUT2D eigenvalue weighted by Gasteiger charge is -2.30. The zero-order chi connectivity index (χ0) is 41.2. The van der Waals surface area contributed by atoms with E-state index in [1.165, 1.54) is 55.3 Å². The number of benzene rings is 9. The van der Waals surface area contributed by atoms with E-state index in [9.17, 15) is 0 Å². The third-order valence-corrected chi connectivity index (χ3v) is 13.5. The molecular formula is C58H34N4O. The Morgan fingerprint density at radius 3 is 1.62 bits per heavy atom. The van der Waals surface area contributed by atoms with E-state index in [1.54, 1.807) is 0 Å². The first-order chi connectivity index (χ1) is 31.2. The maximum Gasteiger partial charge on any atom is 0.164 e.